The number of carbonyl (C=O) groups is 3. The summed E-state index contributed by atoms with van der Waals surface area (Å²) in [5.41, 5.74) is 4.44. The van der Waals surface area contributed by atoms with Crippen LogP contribution in [0.4, 0.5) is 5.69 Å². The third-order valence-electron chi connectivity index (χ3n) is 4.47. The molecule has 27 heavy (non-hydrogen) atoms. The smallest absolute Gasteiger partial charge is 0.307 e. The fourth-order valence-corrected chi connectivity index (χ4v) is 3.69. The largest absolute Gasteiger partial charge is 0.457 e. The Morgan fingerprint density at radius 2 is 1.93 bits per heavy atom. The average molecular weight is 383 g/mol. The minimum atomic E-state index is -0.391. The van der Waals surface area contributed by atoms with Gasteiger partial charge in [0.2, 0.25) is 5.91 Å². The number of anilines is 1. The first-order valence-corrected chi connectivity index (χ1v) is 9.72. The summed E-state index contributed by atoms with van der Waals surface area (Å²) in [4.78, 5) is 36.6. The maximum atomic E-state index is 12.2. The van der Waals surface area contributed by atoms with Gasteiger partial charge in [0.15, 0.2) is 12.4 Å². The number of benzene rings is 2. The Hall–Kier alpha value is -2.60. The SMILES string of the molecule is Cc1ccc(SCCC(=O)OCC(=O)c2ccc3c(c2)CC(=O)N3)cc1C. The van der Waals surface area contributed by atoms with Crippen LogP contribution in [0, 0.1) is 13.8 Å². The van der Waals surface area contributed by atoms with Crippen molar-refractivity contribution in [3.05, 3.63) is 58.7 Å². The summed E-state index contributed by atoms with van der Waals surface area (Å²) in [6.45, 7) is 3.84. The van der Waals surface area contributed by atoms with E-state index in [1.165, 1.54) is 11.1 Å². The second-order valence-electron chi connectivity index (χ2n) is 6.53. The number of hydrogen-bond acceptors (Lipinski definition) is 5. The van der Waals surface area contributed by atoms with Crippen LogP contribution in [0.1, 0.15) is 33.5 Å². The zero-order valence-electron chi connectivity index (χ0n) is 15.3. The average Bonchev–Trinajstić information content (AvgIpc) is 3.01. The molecule has 0 saturated heterocycles. The molecule has 1 aliphatic rings. The van der Waals surface area contributed by atoms with E-state index in [0.29, 0.717) is 11.3 Å². The summed E-state index contributed by atoms with van der Waals surface area (Å²) in [7, 11) is 0. The Morgan fingerprint density at radius 3 is 2.70 bits per heavy atom. The van der Waals surface area contributed by atoms with E-state index in [9.17, 15) is 14.4 Å². The molecule has 0 bridgehead atoms. The van der Waals surface area contributed by atoms with Crippen molar-refractivity contribution in [3.8, 4) is 0 Å². The van der Waals surface area contributed by atoms with Crippen LogP contribution in [0.3, 0.4) is 0 Å². The molecule has 2 aromatic carbocycles. The lowest BCUT2D eigenvalue weighted by Crippen LogP contribution is -2.14. The zero-order valence-corrected chi connectivity index (χ0v) is 16.2. The summed E-state index contributed by atoms with van der Waals surface area (Å²) < 4.78 is 5.10. The van der Waals surface area contributed by atoms with Crippen molar-refractivity contribution < 1.29 is 19.1 Å². The highest BCUT2D eigenvalue weighted by molar-refractivity contribution is 7.99. The van der Waals surface area contributed by atoms with Gasteiger partial charge in [-0.1, -0.05) is 6.07 Å². The van der Waals surface area contributed by atoms with E-state index in [1.54, 1.807) is 30.0 Å². The lowest BCUT2D eigenvalue weighted by atomic mass is 10.1. The van der Waals surface area contributed by atoms with Crippen LogP contribution < -0.4 is 5.32 Å². The minimum Gasteiger partial charge on any atom is -0.457 e. The van der Waals surface area contributed by atoms with Crippen LogP contribution in [0.15, 0.2) is 41.3 Å². The Morgan fingerprint density at radius 1 is 1.11 bits per heavy atom. The van der Waals surface area contributed by atoms with E-state index in [1.807, 2.05) is 6.07 Å². The molecule has 5 nitrogen and oxygen atoms in total. The van der Waals surface area contributed by atoms with Crippen molar-refractivity contribution in [2.45, 2.75) is 31.6 Å². The van der Waals surface area contributed by atoms with Crippen LogP contribution in [0.5, 0.6) is 0 Å². The van der Waals surface area contributed by atoms with Crippen molar-refractivity contribution in [2.24, 2.45) is 0 Å². The third kappa shape index (κ3) is 4.98. The lowest BCUT2D eigenvalue weighted by molar-refractivity contribution is -0.142. The molecule has 3 rings (SSSR count). The topological polar surface area (TPSA) is 72.5 Å². The Bertz CT molecular complexity index is 907. The molecule has 140 valence electrons. The molecule has 1 aliphatic heterocycles. The predicted molar refractivity (Wildman–Crippen MR) is 105 cm³/mol. The summed E-state index contributed by atoms with van der Waals surface area (Å²) >= 11 is 1.59. The maximum Gasteiger partial charge on any atom is 0.307 e. The molecule has 0 atom stereocenters. The maximum absolute atomic E-state index is 12.2. The molecule has 0 radical (unpaired) electrons. The Kier molecular flexibility index (Phi) is 5.96. The third-order valence-corrected chi connectivity index (χ3v) is 5.47. The molecule has 0 unspecified atom stereocenters. The van der Waals surface area contributed by atoms with Crippen LogP contribution in [0.25, 0.3) is 0 Å². The number of aryl methyl sites for hydroxylation is 2. The molecule has 1 amide bonds. The first kappa shape index (κ1) is 19.2. The molecular formula is C21H21NO4S. The molecule has 0 aromatic heterocycles. The Labute approximate surface area is 162 Å². The van der Waals surface area contributed by atoms with Gasteiger partial charge < -0.3 is 10.1 Å². The summed E-state index contributed by atoms with van der Waals surface area (Å²) in [5.74, 6) is -0.144. The van der Waals surface area contributed by atoms with Crippen molar-refractivity contribution in [1.29, 1.82) is 0 Å². The van der Waals surface area contributed by atoms with Crippen molar-refractivity contribution in [1.82, 2.24) is 0 Å². The monoisotopic (exact) mass is 383 g/mol. The number of amides is 1. The highest BCUT2D eigenvalue weighted by Crippen LogP contribution is 2.24. The van der Waals surface area contributed by atoms with Crippen molar-refractivity contribution >= 4 is 35.1 Å². The Balaban J connectivity index is 1.43. The summed E-state index contributed by atoms with van der Waals surface area (Å²) in [5, 5.41) is 2.72. The molecule has 6 heteroatoms. The molecule has 1 heterocycles. The second-order valence-corrected chi connectivity index (χ2v) is 7.69. The first-order valence-electron chi connectivity index (χ1n) is 8.74. The van der Waals surface area contributed by atoms with Crippen LogP contribution in [-0.4, -0.2) is 30.0 Å². The highest BCUT2D eigenvalue weighted by Gasteiger charge is 2.19. The lowest BCUT2D eigenvalue weighted by Gasteiger charge is -2.07. The van der Waals surface area contributed by atoms with E-state index < -0.39 is 5.97 Å². The minimum absolute atomic E-state index is 0.0812. The number of ether oxygens (including phenoxy) is 1. The van der Waals surface area contributed by atoms with Gasteiger partial charge in [-0.2, -0.15) is 0 Å². The van der Waals surface area contributed by atoms with Crippen LogP contribution >= 0.6 is 11.8 Å². The number of fused-ring (bicyclic) bond motifs is 1. The first-order chi connectivity index (χ1) is 12.9. The number of hydrogen-bond donors (Lipinski definition) is 1. The van der Waals surface area contributed by atoms with Crippen LogP contribution in [-0.2, 0) is 20.7 Å². The summed E-state index contributed by atoms with van der Waals surface area (Å²) in [6, 6.07) is 11.2. The quantitative estimate of drug-likeness (QED) is 0.448. The van der Waals surface area contributed by atoms with Crippen LogP contribution in [0.2, 0.25) is 0 Å². The fourth-order valence-electron chi connectivity index (χ4n) is 2.76. The molecule has 0 saturated carbocycles. The van der Waals surface area contributed by atoms with Gasteiger partial charge in [0.1, 0.15) is 0 Å². The highest BCUT2D eigenvalue weighted by atomic mass is 32.2. The molecule has 0 spiro atoms. The van der Waals surface area contributed by atoms with Gasteiger partial charge in [-0.05, 0) is 60.9 Å². The number of Topliss-reactive ketones (excluding diaryl/α,β-unsaturated/α-hetero) is 1. The number of ketones is 1. The number of thioether (sulfide) groups is 1. The van der Waals surface area contributed by atoms with E-state index in [0.717, 1.165) is 16.1 Å². The summed E-state index contributed by atoms with van der Waals surface area (Å²) in [6.07, 6.45) is 0.513. The van der Waals surface area contributed by atoms with Gasteiger partial charge >= 0.3 is 5.97 Å². The van der Waals surface area contributed by atoms with Gasteiger partial charge in [-0.15, -0.1) is 11.8 Å². The number of nitrogens with one attached hydrogen (secondary N) is 1. The van der Waals surface area contributed by atoms with Crippen molar-refractivity contribution in [2.75, 3.05) is 17.7 Å². The van der Waals surface area contributed by atoms with Gasteiger partial charge in [0, 0.05) is 21.9 Å². The van der Waals surface area contributed by atoms with E-state index in [4.69, 9.17) is 4.74 Å². The van der Waals surface area contributed by atoms with E-state index >= 15 is 0 Å². The van der Waals surface area contributed by atoms with E-state index in [2.05, 4.69) is 31.3 Å². The molecule has 2 aromatic rings. The zero-order chi connectivity index (χ0) is 19.4. The molecule has 1 N–H and O–H groups in total. The van der Waals surface area contributed by atoms with E-state index in [-0.39, 0.29) is 31.1 Å². The fraction of sp³-hybridized carbons (Fsp3) is 0.286. The molecule has 0 fully saturated rings. The van der Waals surface area contributed by atoms with Gasteiger partial charge in [0.25, 0.3) is 0 Å². The normalized spacial score (nSPS) is 12.4. The molecule has 0 aliphatic carbocycles. The number of carbonyl (C=O) groups excluding carboxylic acids is 3. The second kappa shape index (κ2) is 8.39. The number of rotatable bonds is 7. The van der Waals surface area contributed by atoms with Crippen molar-refractivity contribution in [3.63, 3.8) is 0 Å². The standard InChI is InChI=1S/C21H21NO4S/c1-13-3-5-17(9-14(13)2)27-8-7-21(25)26-12-19(23)15-4-6-18-16(10-15)11-20(24)22-18/h3-6,9-10H,7-8,11-12H2,1-2H3,(H,22,24). The van der Waals surface area contributed by atoms with Gasteiger partial charge in [-0.25, -0.2) is 0 Å². The van der Waals surface area contributed by atoms with Gasteiger partial charge in [0.05, 0.1) is 12.8 Å². The number of esters is 1. The van der Waals surface area contributed by atoms with Gasteiger partial charge in [-0.3, -0.25) is 14.4 Å². The molecular weight excluding hydrogens is 362 g/mol. The predicted octanol–water partition coefficient (Wildman–Crippen LogP) is 3.71.